The van der Waals surface area contributed by atoms with Crippen LogP contribution in [0, 0.1) is 13.8 Å². The molecule has 4 rings (SSSR count). The van der Waals surface area contributed by atoms with Crippen molar-refractivity contribution in [1.82, 2.24) is 19.8 Å². The van der Waals surface area contributed by atoms with E-state index in [1.54, 1.807) is 0 Å². The molecule has 0 unspecified atom stereocenters. The molecule has 0 spiro atoms. The van der Waals surface area contributed by atoms with E-state index < -0.39 is 0 Å². The van der Waals surface area contributed by atoms with Gasteiger partial charge in [-0.05, 0) is 38.4 Å². The highest BCUT2D eigenvalue weighted by molar-refractivity contribution is 5.35. The van der Waals surface area contributed by atoms with E-state index in [2.05, 4.69) is 58.8 Å². The second-order valence-electron chi connectivity index (χ2n) is 8.31. The lowest BCUT2D eigenvalue weighted by Gasteiger charge is -2.32. The number of anilines is 1. The van der Waals surface area contributed by atoms with E-state index in [-0.39, 0.29) is 5.56 Å². The maximum Gasteiger partial charge on any atom is 0.255 e. The Hall–Kier alpha value is -2.18. The molecule has 0 atom stereocenters. The summed E-state index contributed by atoms with van der Waals surface area (Å²) in [7, 11) is 2.13. The van der Waals surface area contributed by atoms with E-state index >= 15 is 0 Å². The Bertz CT molecular complexity index is 898. The number of H-pyrrole nitrogens is 1. The van der Waals surface area contributed by atoms with Crippen LogP contribution in [0.5, 0.6) is 0 Å². The minimum atomic E-state index is 0.0486. The van der Waals surface area contributed by atoms with E-state index in [1.807, 2.05) is 0 Å². The maximum atomic E-state index is 12.8. The summed E-state index contributed by atoms with van der Waals surface area (Å²) in [6.45, 7) is 10.9. The van der Waals surface area contributed by atoms with E-state index in [4.69, 9.17) is 4.98 Å². The number of likely N-dealkylation sites (N-methyl/N-ethyl adjacent to an activating group) is 1. The van der Waals surface area contributed by atoms with Crippen LogP contribution in [0.4, 0.5) is 5.95 Å². The van der Waals surface area contributed by atoms with E-state index in [1.165, 1.54) is 16.7 Å². The molecule has 6 nitrogen and oxygen atoms in total. The molecule has 0 radical (unpaired) electrons. The van der Waals surface area contributed by atoms with Crippen molar-refractivity contribution in [3.05, 3.63) is 56.5 Å². The topological polar surface area (TPSA) is 55.5 Å². The van der Waals surface area contributed by atoms with Crippen LogP contribution in [-0.4, -0.2) is 66.1 Å². The summed E-state index contributed by atoms with van der Waals surface area (Å²) in [5.74, 6) is 0.750. The largest absolute Gasteiger partial charge is 0.340 e. The van der Waals surface area contributed by atoms with Crippen LogP contribution < -0.4 is 10.5 Å². The van der Waals surface area contributed by atoms with Gasteiger partial charge in [-0.2, -0.15) is 0 Å². The first kappa shape index (κ1) is 19.2. The molecule has 2 aliphatic rings. The zero-order valence-corrected chi connectivity index (χ0v) is 17.3. The molecule has 150 valence electrons. The summed E-state index contributed by atoms with van der Waals surface area (Å²) in [5.41, 5.74) is 5.93. The molecule has 3 heterocycles. The predicted molar refractivity (Wildman–Crippen MR) is 113 cm³/mol. The molecule has 0 saturated carbocycles. The second-order valence-corrected chi connectivity index (χ2v) is 8.31. The fourth-order valence-electron chi connectivity index (χ4n) is 4.18. The van der Waals surface area contributed by atoms with Crippen LogP contribution in [0.2, 0.25) is 0 Å². The number of fused-ring (bicyclic) bond motifs is 1. The highest BCUT2D eigenvalue weighted by Gasteiger charge is 2.22. The summed E-state index contributed by atoms with van der Waals surface area (Å²) in [4.78, 5) is 27.7. The van der Waals surface area contributed by atoms with Gasteiger partial charge in [0.05, 0.1) is 5.69 Å². The highest BCUT2D eigenvalue weighted by atomic mass is 16.1. The molecule has 2 aromatic rings. The highest BCUT2D eigenvalue weighted by Crippen LogP contribution is 2.18. The van der Waals surface area contributed by atoms with Crippen LogP contribution in [0.1, 0.15) is 27.9 Å². The molecular weight excluding hydrogens is 350 g/mol. The zero-order valence-electron chi connectivity index (χ0n) is 17.3. The van der Waals surface area contributed by atoms with Gasteiger partial charge in [0.1, 0.15) is 0 Å². The number of aromatic nitrogens is 2. The van der Waals surface area contributed by atoms with Gasteiger partial charge in [-0.3, -0.25) is 14.7 Å². The quantitative estimate of drug-likeness (QED) is 0.878. The Kier molecular flexibility index (Phi) is 5.51. The van der Waals surface area contributed by atoms with Crippen molar-refractivity contribution < 1.29 is 0 Å². The third kappa shape index (κ3) is 4.13. The van der Waals surface area contributed by atoms with Crippen molar-refractivity contribution in [3.63, 3.8) is 0 Å². The predicted octanol–water partition coefficient (Wildman–Crippen LogP) is 1.74. The Morgan fingerprint density at radius 3 is 2.57 bits per heavy atom. The minimum absolute atomic E-state index is 0.0486. The molecule has 6 heteroatoms. The fourth-order valence-corrected chi connectivity index (χ4v) is 4.18. The Balaban J connectivity index is 1.50. The van der Waals surface area contributed by atoms with Crippen LogP contribution >= 0.6 is 0 Å². The van der Waals surface area contributed by atoms with Gasteiger partial charge in [0, 0.05) is 57.8 Å². The van der Waals surface area contributed by atoms with Crippen molar-refractivity contribution in [3.8, 4) is 0 Å². The Morgan fingerprint density at radius 2 is 1.79 bits per heavy atom. The van der Waals surface area contributed by atoms with E-state index in [0.29, 0.717) is 0 Å². The van der Waals surface area contributed by atoms with Crippen molar-refractivity contribution >= 4 is 5.95 Å². The maximum absolute atomic E-state index is 12.8. The summed E-state index contributed by atoms with van der Waals surface area (Å²) < 4.78 is 0. The lowest BCUT2D eigenvalue weighted by atomic mass is 10.1. The Labute approximate surface area is 167 Å². The summed E-state index contributed by atoms with van der Waals surface area (Å²) in [6.07, 6.45) is 1.61. The van der Waals surface area contributed by atoms with Crippen LogP contribution in [0.15, 0.2) is 23.0 Å². The fraction of sp³-hybridized carbons (Fsp3) is 0.545. The van der Waals surface area contributed by atoms with Gasteiger partial charge in [0.25, 0.3) is 5.56 Å². The van der Waals surface area contributed by atoms with Crippen LogP contribution in [-0.2, 0) is 19.4 Å². The molecule has 1 N–H and O–H groups in total. The smallest absolute Gasteiger partial charge is 0.255 e. The van der Waals surface area contributed by atoms with Gasteiger partial charge < -0.3 is 9.80 Å². The second kappa shape index (κ2) is 8.05. The number of rotatable bonds is 3. The van der Waals surface area contributed by atoms with Gasteiger partial charge in [0.15, 0.2) is 0 Å². The average molecular weight is 382 g/mol. The summed E-state index contributed by atoms with van der Waals surface area (Å²) >= 11 is 0. The van der Waals surface area contributed by atoms with Crippen molar-refractivity contribution in [2.45, 2.75) is 33.2 Å². The molecule has 0 amide bonds. The summed E-state index contributed by atoms with van der Waals surface area (Å²) in [6, 6.07) is 6.65. The van der Waals surface area contributed by atoms with Crippen molar-refractivity contribution in [2.24, 2.45) is 0 Å². The third-order valence-corrected chi connectivity index (χ3v) is 6.13. The molecule has 28 heavy (non-hydrogen) atoms. The first-order valence-corrected chi connectivity index (χ1v) is 10.3. The first-order chi connectivity index (χ1) is 13.5. The van der Waals surface area contributed by atoms with Gasteiger partial charge in [-0.25, -0.2) is 4.98 Å². The lowest BCUT2D eigenvalue weighted by Crippen LogP contribution is -2.45. The van der Waals surface area contributed by atoms with Crippen molar-refractivity contribution in [2.75, 3.05) is 51.2 Å². The molecule has 2 aliphatic heterocycles. The molecule has 1 saturated heterocycles. The molecule has 1 aromatic heterocycles. The van der Waals surface area contributed by atoms with E-state index in [9.17, 15) is 4.79 Å². The van der Waals surface area contributed by atoms with Gasteiger partial charge in [0.2, 0.25) is 5.95 Å². The molecule has 0 aliphatic carbocycles. The zero-order chi connectivity index (χ0) is 19.7. The minimum Gasteiger partial charge on any atom is -0.340 e. The SMILES string of the molecule is Cc1ccc(C)c(CN2CCc3nc(N4CCN(C)CC4)[nH]c(=O)c3CC2)c1. The standard InChI is InChI=1S/C22H31N5O/c1-16-4-5-17(2)18(14-16)15-26-8-6-19-20(7-9-26)23-22(24-21(19)28)27-12-10-25(3)11-13-27/h4-5,14H,6-13,15H2,1-3H3,(H,23,24,28). The number of benzene rings is 1. The van der Waals surface area contributed by atoms with Gasteiger partial charge >= 0.3 is 0 Å². The van der Waals surface area contributed by atoms with Crippen molar-refractivity contribution in [1.29, 1.82) is 0 Å². The van der Waals surface area contributed by atoms with Gasteiger partial charge in [-0.1, -0.05) is 23.8 Å². The number of nitrogens with one attached hydrogen (secondary N) is 1. The Morgan fingerprint density at radius 1 is 1.04 bits per heavy atom. The molecular formula is C22H31N5O. The van der Waals surface area contributed by atoms with Crippen LogP contribution in [0.25, 0.3) is 0 Å². The number of aryl methyl sites for hydroxylation is 2. The van der Waals surface area contributed by atoms with Gasteiger partial charge in [-0.15, -0.1) is 0 Å². The van der Waals surface area contributed by atoms with Crippen LogP contribution in [0.3, 0.4) is 0 Å². The number of piperazine rings is 1. The third-order valence-electron chi connectivity index (χ3n) is 6.13. The molecule has 1 fully saturated rings. The number of nitrogens with zero attached hydrogens (tertiary/aromatic N) is 4. The average Bonchev–Trinajstić information content (AvgIpc) is 2.88. The number of aromatic amines is 1. The first-order valence-electron chi connectivity index (χ1n) is 10.3. The summed E-state index contributed by atoms with van der Waals surface area (Å²) in [5, 5.41) is 0. The van der Waals surface area contributed by atoms with E-state index in [0.717, 1.165) is 75.9 Å². The monoisotopic (exact) mass is 381 g/mol. The molecule has 0 bridgehead atoms. The number of hydrogen-bond donors (Lipinski definition) is 1. The normalized spacial score (nSPS) is 18.8. The number of hydrogen-bond acceptors (Lipinski definition) is 5. The molecule has 1 aromatic carbocycles. The lowest BCUT2D eigenvalue weighted by molar-refractivity contribution is 0.278.